The van der Waals surface area contributed by atoms with Crippen molar-refractivity contribution < 1.29 is 22.1 Å². The van der Waals surface area contributed by atoms with E-state index in [-0.39, 0.29) is 14.7 Å². The quantitative estimate of drug-likeness (QED) is 0.654. The van der Waals surface area contributed by atoms with E-state index in [1.54, 1.807) is 0 Å². The Balaban J connectivity index is 2.48. The molecule has 0 aliphatic heterocycles. The summed E-state index contributed by atoms with van der Waals surface area (Å²) < 4.78 is 52.0. The molecule has 1 N–H and O–H groups in total. The maximum atomic E-state index is 13.7. The molecular formula is C13H10F2N2O4S2. The molecule has 0 radical (unpaired) electrons. The normalized spacial score (nSPS) is 11.4. The zero-order valence-corrected chi connectivity index (χ0v) is 13.2. The topological polar surface area (TPSA) is 89.3 Å². The summed E-state index contributed by atoms with van der Waals surface area (Å²) in [5, 5.41) is 11.1. The summed E-state index contributed by atoms with van der Waals surface area (Å²) in [4.78, 5) is 10.1. The third-order valence-electron chi connectivity index (χ3n) is 2.82. The fourth-order valence-electron chi connectivity index (χ4n) is 1.69. The SMILES string of the molecule is CNS(=O)(=O)c1ccc(Sc2ccc(F)cc2F)c([N+](=O)[O-])c1. The number of nitro groups is 1. The molecular weight excluding hydrogens is 350 g/mol. The van der Waals surface area contributed by atoms with Crippen LogP contribution < -0.4 is 4.72 Å². The number of nitrogens with zero attached hydrogens (tertiary/aromatic N) is 1. The maximum Gasteiger partial charge on any atom is 0.284 e. The van der Waals surface area contributed by atoms with Crippen LogP contribution in [0.1, 0.15) is 0 Å². The van der Waals surface area contributed by atoms with Crippen LogP contribution in [0.15, 0.2) is 51.1 Å². The van der Waals surface area contributed by atoms with Crippen LogP contribution in [0.4, 0.5) is 14.5 Å². The lowest BCUT2D eigenvalue weighted by atomic mass is 10.3. The first-order valence-corrected chi connectivity index (χ1v) is 8.39. The average molecular weight is 360 g/mol. The molecule has 0 unspecified atom stereocenters. The molecule has 0 aromatic heterocycles. The highest BCUT2D eigenvalue weighted by molar-refractivity contribution is 7.99. The standard InChI is InChI=1S/C13H10F2N2O4S2/c1-16-23(20,21)9-3-5-13(11(7-9)17(18)19)22-12-4-2-8(14)6-10(12)15/h2-7,16H,1H3. The van der Waals surface area contributed by atoms with Gasteiger partial charge in [0.2, 0.25) is 10.0 Å². The van der Waals surface area contributed by atoms with Gasteiger partial charge in [0.25, 0.3) is 5.69 Å². The molecule has 2 aromatic carbocycles. The third-order valence-corrected chi connectivity index (χ3v) is 5.35. The van der Waals surface area contributed by atoms with E-state index in [1.165, 1.54) is 19.2 Å². The van der Waals surface area contributed by atoms with Crippen LogP contribution in [0.2, 0.25) is 0 Å². The van der Waals surface area contributed by atoms with Gasteiger partial charge in [-0.25, -0.2) is 21.9 Å². The van der Waals surface area contributed by atoms with Gasteiger partial charge >= 0.3 is 0 Å². The van der Waals surface area contributed by atoms with Crippen molar-refractivity contribution >= 4 is 27.5 Å². The number of nitro benzene ring substituents is 1. The van der Waals surface area contributed by atoms with Crippen molar-refractivity contribution in [2.45, 2.75) is 14.7 Å². The lowest BCUT2D eigenvalue weighted by Gasteiger charge is -2.07. The van der Waals surface area contributed by atoms with E-state index < -0.39 is 32.3 Å². The fourth-order valence-corrected chi connectivity index (χ4v) is 3.34. The van der Waals surface area contributed by atoms with Crippen LogP contribution in [-0.2, 0) is 10.0 Å². The fraction of sp³-hybridized carbons (Fsp3) is 0.0769. The number of nitrogens with one attached hydrogen (secondary N) is 1. The molecule has 23 heavy (non-hydrogen) atoms. The lowest BCUT2D eigenvalue weighted by Crippen LogP contribution is -2.18. The molecule has 0 bridgehead atoms. The molecule has 2 rings (SSSR count). The first-order chi connectivity index (χ1) is 10.7. The molecule has 0 atom stereocenters. The summed E-state index contributed by atoms with van der Waals surface area (Å²) in [6.07, 6.45) is 0. The van der Waals surface area contributed by atoms with Gasteiger partial charge in [-0.2, -0.15) is 0 Å². The number of hydrogen-bond acceptors (Lipinski definition) is 5. The summed E-state index contributed by atoms with van der Waals surface area (Å²) in [5.41, 5.74) is -0.491. The van der Waals surface area contributed by atoms with Crippen molar-refractivity contribution in [1.82, 2.24) is 4.72 Å². The Bertz CT molecular complexity index is 872. The van der Waals surface area contributed by atoms with Crippen molar-refractivity contribution in [2.75, 3.05) is 7.05 Å². The van der Waals surface area contributed by atoms with Crippen LogP contribution in [0, 0.1) is 21.7 Å². The van der Waals surface area contributed by atoms with Crippen LogP contribution >= 0.6 is 11.8 Å². The molecule has 0 spiro atoms. The Hall–Kier alpha value is -2.04. The van der Waals surface area contributed by atoms with Crippen LogP contribution in [0.25, 0.3) is 0 Å². The third kappa shape index (κ3) is 3.84. The molecule has 0 saturated heterocycles. The van der Waals surface area contributed by atoms with Gasteiger partial charge in [0.1, 0.15) is 11.6 Å². The van der Waals surface area contributed by atoms with Gasteiger partial charge in [-0.1, -0.05) is 11.8 Å². The average Bonchev–Trinajstić information content (AvgIpc) is 2.50. The zero-order chi connectivity index (χ0) is 17.2. The van der Waals surface area contributed by atoms with Crippen molar-refractivity contribution in [3.05, 3.63) is 58.1 Å². The van der Waals surface area contributed by atoms with Crippen LogP contribution in [-0.4, -0.2) is 20.4 Å². The molecule has 0 aliphatic rings. The van der Waals surface area contributed by atoms with E-state index in [0.717, 1.165) is 18.2 Å². The zero-order valence-electron chi connectivity index (χ0n) is 11.6. The smallest absolute Gasteiger partial charge is 0.258 e. The van der Waals surface area contributed by atoms with E-state index in [0.29, 0.717) is 17.8 Å². The van der Waals surface area contributed by atoms with Gasteiger partial charge in [0.15, 0.2) is 0 Å². The number of halogens is 2. The predicted molar refractivity (Wildman–Crippen MR) is 79.8 cm³/mol. The van der Waals surface area contributed by atoms with E-state index in [9.17, 15) is 27.3 Å². The molecule has 10 heteroatoms. The predicted octanol–water partition coefficient (Wildman–Crippen LogP) is 2.93. The van der Waals surface area contributed by atoms with Gasteiger partial charge in [-0.05, 0) is 31.3 Å². The highest BCUT2D eigenvalue weighted by atomic mass is 32.2. The van der Waals surface area contributed by atoms with Crippen molar-refractivity contribution in [2.24, 2.45) is 0 Å². The Morgan fingerprint density at radius 1 is 1.13 bits per heavy atom. The summed E-state index contributed by atoms with van der Waals surface area (Å²) in [5.74, 6) is -1.63. The largest absolute Gasteiger partial charge is 0.284 e. The highest BCUT2D eigenvalue weighted by Crippen LogP contribution is 2.37. The van der Waals surface area contributed by atoms with E-state index >= 15 is 0 Å². The van der Waals surface area contributed by atoms with Crippen molar-refractivity contribution in [3.63, 3.8) is 0 Å². The van der Waals surface area contributed by atoms with Gasteiger partial charge in [-0.3, -0.25) is 10.1 Å². The molecule has 2 aromatic rings. The molecule has 0 saturated carbocycles. The van der Waals surface area contributed by atoms with Gasteiger partial charge in [-0.15, -0.1) is 0 Å². The summed E-state index contributed by atoms with van der Waals surface area (Å²) in [6, 6.07) is 6.09. The number of hydrogen-bond donors (Lipinski definition) is 1. The first kappa shape index (κ1) is 17.3. The number of sulfonamides is 1. The van der Waals surface area contributed by atoms with E-state index in [1.807, 2.05) is 4.72 Å². The second-order valence-corrected chi connectivity index (χ2v) is 7.24. The van der Waals surface area contributed by atoms with Crippen molar-refractivity contribution in [1.29, 1.82) is 0 Å². The monoisotopic (exact) mass is 360 g/mol. The highest BCUT2D eigenvalue weighted by Gasteiger charge is 2.21. The molecule has 0 heterocycles. The minimum atomic E-state index is -3.84. The molecule has 122 valence electrons. The van der Waals surface area contributed by atoms with E-state index in [2.05, 4.69) is 0 Å². The maximum absolute atomic E-state index is 13.7. The molecule has 0 fully saturated rings. The summed E-state index contributed by atoms with van der Waals surface area (Å²) in [7, 11) is -2.67. The van der Waals surface area contributed by atoms with Crippen LogP contribution in [0.5, 0.6) is 0 Å². The minimum Gasteiger partial charge on any atom is -0.258 e. The summed E-state index contributed by atoms with van der Waals surface area (Å²) in [6.45, 7) is 0. The Morgan fingerprint density at radius 2 is 1.78 bits per heavy atom. The second kappa shape index (κ2) is 6.60. The molecule has 0 amide bonds. The molecule has 6 nitrogen and oxygen atoms in total. The summed E-state index contributed by atoms with van der Waals surface area (Å²) >= 11 is 0.706. The minimum absolute atomic E-state index is 0.0151. The van der Waals surface area contributed by atoms with Gasteiger partial charge in [0, 0.05) is 17.0 Å². The number of rotatable bonds is 5. The van der Waals surface area contributed by atoms with Crippen molar-refractivity contribution in [3.8, 4) is 0 Å². The van der Waals surface area contributed by atoms with Gasteiger partial charge < -0.3 is 0 Å². The lowest BCUT2D eigenvalue weighted by molar-refractivity contribution is -0.388. The Morgan fingerprint density at radius 3 is 2.35 bits per heavy atom. The van der Waals surface area contributed by atoms with Gasteiger partial charge in [0.05, 0.1) is 14.7 Å². The Labute approximate surface area is 134 Å². The molecule has 0 aliphatic carbocycles. The number of benzene rings is 2. The second-order valence-electron chi connectivity index (χ2n) is 4.27. The van der Waals surface area contributed by atoms with E-state index in [4.69, 9.17) is 0 Å². The Kier molecular flexibility index (Phi) is 4.97. The van der Waals surface area contributed by atoms with Crippen LogP contribution in [0.3, 0.4) is 0 Å². The first-order valence-electron chi connectivity index (χ1n) is 6.09.